The molecule has 0 atom stereocenters. The zero-order valence-electron chi connectivity index (χ0n) is 20.6. The molecule has 187 valence electrons. The van der Waals surface area contributed by atoms with Crippen LogP contribution >= 0.6 is 0 Å². The zero-order valence-corrected chi connectivity index (χ0v) is 23.0. The Morgan fingerprint density at radius 1 is 0.842 bits per heavy atom. The molecule has 8 aromatic rings. The number of para-hydroxylation sites is 2. The second-order valence-electron chi connectivity index (χ2n) is 9.55. The molecule has 0 saturated heterocycles. The third-order valence-corrected chi connectivity index (χ3v) is 7.40. The minimum Gasteiger partial charge on any atom is -0.478 e. The molecule has 5 aromatic heterocycles. The minimum absolute atomic E-state index is 0. The number of imidazole rings is 1. The van der Waals surface area contributed by atoms with Crippen molar-refractivity contribution in [2.45, 2.75) is 13.3 Å². The summed E-state index contributed by atoms with van der Waals surface area (Å²) < 4.78 is 11.5. The number of nitrogens with zero attached hydrogens (tertiary/aromatic N) is 6. The molecule has 5 heterocycles. The predicted molar refractivity (Wildman–Crippen MR) is 144 cm³/mol. The Morgan fingerprint density at radius 3 is 2.50 bits per heavy atom. The van der Waals surface area contributed by atoms with E-state index in [2.05, 4.69) is 99.4 Å². The Bertz CT molecular complexity index is 2150. The van der Waals surface area contributed by atoms with E-state index >= 15 is 0 Å². The van der Waals surface area contributed by atoms with Crippen LogP contribution in [0.3, 0.4) is 0 Å². The van der Waals surface area contributed by atoms with Gasteiger partial charge in [-0.2, -0.15) is 10.3 Å². The summed E-state index contributed by atoms with van der Waals surface area (Å²) in [6, 6.07) is 28.0. The summed E-state index contributed by atoms with van der Waals surface area (Å²) in [5.41, 5.74) is 9.88. The summed E-state index contributed by atoms with van der Waals surface area (Å²) in [5, 5.41) is 11.6. The number of hydrogen-bond donors (Lipinski definition) is 0. The van der Waals surface area contributed by atoms with Crippen LogP contribution in [-0.4, -0.2) is 28.9 Å². The molecule has 0 spiro atoms. The maximum Gasteiger partial charge on any atom is 0.104 e. The van der Waals surface area contributed by atoms with Crippen molar-refractivity contribution in [1.29, 1.82) is 0 Å². The number of pyridine rings is 1. The molecule has 0 aliphatic heterocycles. The van der Waals surface area contributed by atoms with Crippen molar-refractivity contribution in [3.8, 4) is 5.69 Å². The second-order valence-corrected chi connectivity index (χ2v) is 9.55. The Kier molecular flexibility index (Phi) is 5.05. The molecule has 3 aromatic carbocycles. The van der Waals surface area contributed by atoms with Crippen molar-refractivity contribution < 1.29 is 24.6 Å². The van der Waals surface area contributed by atoms with Gasteiger partial charge in [-0.1, -0.05) is 42.5 Å². The van der Waals surface area contributed by atoms with E-state index in [-0.39, 0.29) is 20.1 Å². The monoisotopic (exact) mass is 674 g/mol. The first-order valence-electron chi connectivity index (χ1n) is 12.3. The first kappa shape index (κ1) is 22.9. The molecule has 8 rings (SSSR count). The first-order valence-corrected chi connectivity index (χ1v) is 12.3. The van der Waals surface area contributed by atoms with Crippen molar-refractivity contribution in [3.05, 3.63) is 102 Å². The van der Waals surface area contributed by atoms with Gasteiger partial charge in [-0.25, -0.2) is 0 Å². The fourth-order valence-corrected chi connectivity index (χ4v) is 5.62. The molecule has 0 unspecified atom stereocenters. The van der Waals surface area contributed by atoms with E-state index in [0.717, 1.165) is 33.8 Å². The van der Waals surface area contributed by atoms with E-state index in [4.69, 9.17) is 14.6 Å². The summed E-state index contributed by atoms with van der Waals surface area (Å²) in [6.45, 7) is 1.99. The molecule has 0 fully saturated rings. The van der Waals surface area contributed by atoms with Gasteiger partial charge < -0.3 is 13.7 Å². The molecule has 0 saturated carbocycles. The quantitative estimate of drug-likeness (QED) is 0.211. The van der Waals surface area contributed by atoms with Gasteiger partial charge in [0.15, 0.2) is 0 Å². The van der Waals surface area contributed by atoms with Gasteiger partial charge in [-0.15, -0.1) is 0 Å². The molecule has 0 aliphatic carbocycles. The summed E-state index contributed by atoms with van der Waals surface area (Å²) in [5.74, 6) is 0.912. The van der Waals surface area contributed by atoms with Gasteiger partial charge in [0.2, 0.25) is 0 Å². The number of benzene rings is 3. The average molecular weight is 674 g/mol. The molecule has 0 N–H and O–H groups in total. The second kappa shape index (κ2) is 8.38. The van der Waals surface area contributed by atoms with Crippen molar-refractivity contribution in [1.82, 2.24) is 28.9 Å². The fraction of sp³-hybridized carbons (Fsp3) is 0.100. The van der Waals surface area contributed by atoms with Gasteiger partial charge in [-0.3, -0.25) is 9.50 Å². The SMILES string of the molecule is Cc1nc2c3no[c-]c3n3nc(Cc4ccc5c(c4)c4ccccc4n5-c4ccccc4)cc3c2n1C.[Ir]. The van der Waals surface area contributed by atoms with Crippen LogP contribution in [0, 0.1) is 13.2 Å². The van der Waals surface area contributed by atoms with Crippen LogP contribution in [0.15, 0.2) is 83.4 Å². The van der Waals surface area contributed by atoms with Crippen LogP contribution in [0.4, 0.5) is 0 Å². The summed E-state index contributed by atoms with van der Waals surface area (Å²) in [6.07, 6.45) is 3.59. The number of rotatable bonds is 3. The average Bonchev–Trinajstić information content (AvgIpc) is 3.69. The summed E-state index contributed by atoms with van der Waals surface area (Å²) in [7, 11) is 2.02. The van der Waals surface area contributed by atoms with Crippen molar-refractivity contribution >= 4 is 49.4 Å². The maximum absolute atomic E-state index is 5.20. The smallest absolute Gasteiger partial charge is 0.104 e. The van der Waals surface area contributed by atoms with Crippen LogP contribution in [0.25, 0.3) is 55.1 Å². The third-order valence-electron chi connectivity index (χ3n) is 7.40. The van der Waals surface area contributed by atoms with Crippen LogP contribution in [0.1, 0.15) is 17.1 Å². The van der Waals surface area contributed by atoms with Crippen LogP contribution in [0.2, 0.25) is 0 Å². The van der Waals surface area contributed by atoms with E-state index in [1.54, 1.807) is 0 Å². The van der Waals surface area contributed by atoms with E-state index in [1.807, 2.05) is 18.5 Å². The Morgan fingerprint density at radius 2 is 1.63 bits per heavy atom. The van der Waals surface area contributed by atoms with Crippen molar-refractivity contribution in [2.24, 2.45) is 7.05 Å². The zero-order chi connectivity index (χ0) is 24.7. The van der Waals surface area contributed by atoms with E-state index in [0.29, 0.717) is 17.5 Å². The largest absolute Gasteiger partial charge is 0.478 e. The van der Waals surface area contributed by atoms with Gasteiger partial charge in [0.05, 0.1) is 27.8 Å². The molecule has 7 nitrogen and oxygen atoms in total. The standard InChI is InChI=1S/C30H21N6O.Ir/c1-18-31-29-28-27(17-37-33-28)36-26(30(29)34(18)2)16-20(32-36)14-19-12-13-25-23(15-19)22-10-6-7-11-24(22)35(25)21-8-4-3-5-9-21;/h3-13,15-16H,14H2,1-2H3;/q-1;. The van der Waals surface area contributed by atoms with Crippen LogP contribution < -0.4 is 0 Å². The normalized spacial score (nSPS) is 11.8. The Labute approximate surface area is 230 Å². The van der Waals surface area contributed by atoms with E-state index in [9.17, 15) is 0 Å². The molecule has 8 heteroatoms. The maximum atomic E-state index is 5.20. The van der Waals surface area contributed by atoms with Crippen molar-refractivity contribution in [3.63, 3.8) is 0 Å². The molecule has 38 heavy (non-hydrogen) atoms. The number of aryl methyl sites for hydroxylation is 2. The van der Waals surface area contributed by atoms with Gasteiger partial charge in [0, 0.05) is 61.1 Å². The molecule has 0 bridgehead atoms. The van der Waals surface area contributed by atoms with Gasteiger partial charge >= 0.3 is 0 Å². The van der Waals surface area contributed by atoms with Crippen LogP contribution in [0.5, 0.6) is 0 Å². The summed E-state index contributed by atoms with van der Waals surface area (Å²) >= 11 is 0. The first-order chi connectivity index (χ1) is 18.2. The molecule has 1 radical (unpaired) electrons. The number of hydrogen-bond acceptors (Lipinski definition) is 4. The van der Waals surface area contributed by atoms with Gasteiger partial charge in [-0.05, 0) is 60.7 Å². The molecule has 0 aliphatic rings. The fourth-order valence-electron chi connectivity index (χ4n) is 5.62. The Balaban J connectivity index is 0.00000242. The van der Waals surface area contributed by atoms with E-state index in [1.165, 1.54) is 27.4 Å². The van der Waals surface area contributed by atoms with Crippen molar-refractivity contribution in [2.75, 3.05) is 0 Å². The molecule has 0 amide bonds. The molecular formula is C30H21IrN6O-. The summed E-state index contributed by atoms with van der Waals surface area (Å²) in [4.78, 5) is 4.72. The van der Waals surface area contributed by atoms with Gasteiger partial charge in [0.25, 0.3) is 0 Å². The molecular weight excluding hydrogens is 653 g/mol. The third kappa shape index (κ3) is 3.14. The minimum atomic E-state index is 0. The topological polar surface area (TPSA) is 66.1 Å². The Hall–Kier alpha value is -4.26. The van der Waals surface area contributed by atoms with E-state index < -0.39 is 0 Å². The predicted octanol–water partition coefficient (Wildman–Crippen LogP) is 6.16. The number of aromatic nitrogens is 6. The van der Waals surface area contributed by atoms with Gasteiger partial charge in [0.1, 0.15) is 5.82 Å². The van der Waals surface area contributed by atoms with Crippen LogP contribution in [-0.2, 0) is 33.6 Å². The number of fused-ring (bicyclic) bond motifs is 9.